The molecule has 4 amide bonds. The zero-order valence-electron chi connectivity index (χ0n) is 21.5. The third-order valence-corrected chi connectivity index (χ3v) is 7.87. The molecule has 3 fully saturated rings. The molecule has 0 aromatic heterocycles. The third kappa shape index (κ3) is 5.98. The maximum Gasteiger partial charge on any atom is 0.471 e. The number of likely N-dealkylation sites (tertiary alicyclic amines) is 1. The minimum Gasteiger partial charge on any atom is -0.356 e. The van der Waals surface area contributed by atoms with Crippen molar-refractivity contribution in [1.82, 2.24) is 20.9 Å². The van der Waals surface area contributed by atoms with Crippen LogP contribution in [0.1, 0.15) is 47.0 Å². The van der Waals surface area contributed by atoms with Gasteiger partial charge in [-0.25, -0.2) is 0 Å². The minimum absolute atomic E-state index is 0.0431. The molecule has 12 heteroatoms. The molecule has 37 heavy (non-hydrogen) atoms. The molecule has 2 aliphatic heterocycles. The highest BCUT2D eigenvalue weighted by molar-refractivity contribution is 5.99. The second kappa shape index (κ2) is 10.4. The van der Waals surface area contributed by atoms with Gasteiger partial charge in [0.05, 0.1) is 6.04 Å². The molecule has 0 spiro atoms. The van der Waals surface area contributed by atoms with E-state index in [1.165, 1.54) is 4.90 Å². The average molecular weight is 529 g/mol. The maximum atomic E-state index is 13.5. The van der Waals surface area contributed by atoms with Gasteiger partial charge in [0.25, 0.3) is 0 Å². The van der Waals surface area contributed by atoms with E-state index < -0.39 is 53.7 Å². The molecule has 0 unspecified atom stereocenters. The summed E-state index contributed by atoms with van der Waals surface area (Å²) in [5, 5.41) is 7.16. The molecule has 0 radical (unpaired) electrons. The topological polar surface area (TPSA) is 125 Å². The van der Waals surface area contributed by atoms with Crippen molar-refractivity contribution >= 4 is 29.4 Å². The van der Waals surface area contributed by atoms with Gasteiger partial charge in [0.2, 0.25) is 17.7 Å². The van der Waals surface area contributed by atoms with Gasteiger partial charge in [0.15, 0.2) is 5.78 Å². The fourth-order valence-electron chi connectivity index (χ4n) is 5.75. The number of alkyl halides is 3. The first kappa shape index (κ1) is 28.6. The van der Waals surface area contributed by atoms with Crippen LogP contribution in [0.25, 0.3) is 0 Å². The Hall–Kier alpha value is -2.92. The molecule has 206 valence electrons. The number of ketones is 1. The van der Waals surface area contributed by atoms with Gasteiger partial charge in [-0.2, -0.15) is 13.2 Å². The van der Waals surface area contributed by atoms with Crippen LogP contribution >= 0.6 is 0 Å². The smallest absolute Gasteiger partial charge is 0.356 e. The van der Waals surface area contributed by atoms with Gasteiger partial charge in [0.1, 0.15) is 12.1 Å². The maximum absolute atomic E-state index is 13.5. The molecular formula is C25H35F3N4O5. The van der Waals surface area contributed by atoms with Gasteiger partial charge >= 0.3 is 12.1 Å². The molecule has 1 saturated carbocycles. The molecule has 2 heterocycles. The summed E-state index contributed by atoms with van der Waals surface area (Å²) in [7, 11) is 0. The van der Waals surface area contributed by atoms with E-state index in [-0.39, 0.29) is 48.5 Å². The number of carbonyl (C=O) groups excluding carboxylic acids is 5. The molecule has 9 nitrogen and oxygen atoms in total. The molecule has 3 rings (SSSR count). The van der Waals surface area contributed by atoms with Crippen molar-refractivity contribution in [3.05, 3.63) is 12.7 Å². The van der Waals surface area contributed by atoms with E-state index in [0.29, 0.717) is 13.0 Å². The molecule has 3 N–H and O–H groups in total. The van der Waals surface area contributed by atoms with Crippen LogP contribution in [-0.2, 0) is 24.0 Å². The normalized spacial score (nSPS) is 27.7. The summed E-state index contributed by atoms with van der Waals surface area (Å²) in [5.74, 6) is -5.29. The van der Waals surface area contributed by atoms with Crippen molar-refractivity contribution in [2.24, 2.45) is 29.1 Å². The van der Waals surface area contributed by atoms with Crippen molar-refractivity contribution in [2.45, 2.75) is 71.3 Å². The number of rotatable bonds is 10. The van der Waals surface area contributed by atoms with E-state index in [0.717, 1.165) is 6.08 Å². The number of hydrogen-bond donors (Lipinski definition) is 3. The molecule has 6 atom stereocenters. The van der Waals surface area contributed by atoms with Crippen molar-refractivity contribution in [2.75, 3.05) is 13.1 Å². The predicted octanol–water partition coefficient (Wildman–Crippen LogP) is 1.33. The Balaban J connectivity index is 1.83. The molecule has 0 aromatic carbocycles. The highest BCUT2D eigenvalue weighted by Gasteiger charge is 2.69. The highest BCUT2D eigenvalue weighted by Crippen LogP contribution is 2.65. The SMILES string of the molecule is C=CC(=O)[C@H](C[C@@H]1CCNC1=O)NC(=O)[C@@H]1[C@@H]2[C@H](CN1C(=O)[C@H](CC(C)C)NC(=O)C(F)(F)F)C2(C)C. The third-order valence-electron chi connectivity index (χ3n) is 7.87. The van der Waals surface area contributed by atoms with Gasteiger partial charge in [-0.15, -0.1) is 0 Å². The van der Waals surface area contributed by atoms with Crippen molar-refractivity contribution < 1.29 is 37.1 Å². The highest BCUT2D eigenvalue weighted by atomic mass is 19.4. The first-order valence-corrected chi connectivity index (χ1v) is 12.5. The van der Waals surface area contributed by atoms with Gasteiger partial charge in [-0.1, -0.05) is 34.3 Å². The van der Waals surface area contributed by atoms with E-state index >= 15 is 0 Å². The van der Waals surface area contributed by atoms with Crippen LogP contribution in [0.3, 0.4) is 0 Å². The molecular weight excluding hydrogens is 493 g/mol. The lowest BCUT2D eigenvalue weighted by molar-refractivity contribution is -0.175. The second-order valence-electron chi connectivity index (χ2n) is 11.2. The molecule has 2 saturated heterocycles. The minimum atomic E-state index is -5.16. The van der Waals surface area contributed by atoms with Gasteiger partial charge in [-0.3, -0.25) is 24.0 Å². The lowest BCUT2D eigenvalue weighted by Crippen LogP contribution is -2.58. The fourth-order valence-corrected chi connectivity index (χ4v) is 5.75. The largest absolute Gasteiger partial charge is 0.471 e. The Morgan fingerprint density at radius 3 is 2.35 bits per heavy atom. The molecule has 1 aliphatic carbocycles. The van der Waals surface area contributed by atoms with Gasteiger partial charge in [-0.05, 0) is 48.5 Å². The summed E-state index contributed by atoms with van der Waals surface area (Å²) in [4.78, 5) is 64.5. The number of hydrogen-bond acceptors (Lipinski definition) is 5. The quantitative estimate of drug-likeness (QED) is 0.369. The monoisotopic (exact) mass is 528 g/mol. The number of nitrogens with one attached hydrogen (secondary N) is 3. The van der Waals surface area contributed by atoms with Gasteiger partial charge < -0.3 is 20.9 Å². The standard InChI is InChI=1S/C25H35F3N4O5/c1-6-17(33)15(10-13-7-8-29-20(13)34)30-21(35)19-18-14(24(18,4)5)11-32(19)22(36)16(9-12(2)3)31-23(37)25(26,27)28/h6,12-16,18-19H,1,7-11H2,2-5H3,(H,29,34)(H,30,35)(H,31,37)/t13-,14-,15-,16-,18-,19-/m0/s1. The number of halogens is 3. The van der Waals surface area contributed by atoms with Crippen LogP contribution in [0.5, 0.6) is 0 Å². The van der Waals surface area contributed by atoms with E-state index in [4.69, 9.17) is 0 Å². The molecule has 0 aromatic rings. The summed E-state index contributed by atoms with van der Waals surface area (Å²) in [6.07, 6.45) is -3.56. The summed E-state index contributed by atoms with van der Waals surface area (Å²) < 4.78 is 38.8. The van der Waals surface area contributed by atoms with E-state index in [9.17, 15) is 37.1 Å². The van der Waals surface area contributed by atoms with Gasteiger partial charge in [0, 0.05) is 19.0 Å². The summed E-state index contributed by atoms with van der Waals surface area (Å²) in [5.41, 5.74) is -0.287. The molecule has 0 bridgehead atoms. The van der Waals surface area contributed by atoms with Crippen LogP contribution < -0.4 is 16.0 Å². The van der Waals surface area contributed by atoms with Crippen molar-refractivity contribution in [3.63, 3.8) is 0 Å². The Bertz CT molecular complexity index is 980. The predicted molar refractivity (Wildman–Crippen MR) is 127 cm³/mol. The van der Waals surface area contributed by atoms with Crippen LogP contribution in [0.4, 0.5) is 13.2 Å². The number of amides is 4. The number of piperidine rings is 1. The lowest BCUT2D eigenvalue weighted by atomic mass is 9.94. The number of carbonyl (C=O) groups is 5. The Morgan fingerprint density at radius 2 is 1.84 bits per heavy atom. The Kier molecular flexibility index (Phi) is 8.09. The van der Waals surface area contributed by atoms with E-state index in [1.807, 2.05) is 13.8 Å². The number of fused-ring (bicyclic) bond motifs is 1. The first-order valence-electron chi connectivity index (χ1n) is 12.5. The zero-order valence-corrected chi connectivity index (χ0v) is 21.5. The average Bonchev–Trinajstić information content (AvgIpc) is 3.16. The number of nitrogens with zero attached hydrogens (tertiary/aromatic N) is 1. The summed E-state index contributed by atoms with van der Waals surface area (Å²) in [6, 6.07) is -3.52. The zero-order chi connectivity index (χ0) is 27.9. The summed E-state index contributed by atoms with van der Waals surface area (Å²) in [6.45, 7) is 11.4. The van der Waals surface area contributed by atoms with E-state index in [1.54, 1.807) is 19.2 Å². The van der Waals surface area contributed by atoms with E-state index in [2.05, 4.69) is 17.2 Å². The first-order chi connectivity index (χ1) is 17.1. The Morgan fingerprint density at radius 1 is 1.19 bits per heavy atom. The van der Waals surface area contributed by atoms with Crippen LogP contribution in [-0.4, -0.2) is 71.7 Å². The van der Waals surface area contributed by atoms with Crippen molar-refractivity contribution in [1.29, 1.82) is 0 Å². The Labute approximate surface area is 214 Å². The van der Waals surface area contributed by atoms with Crippen molar-refractivity contribution in [3.8, 4) is 0 Å². The summed E-state index contributed by atoms with van der Waals surface area (Å²) >= 11 is 0. The van der Waals surface area contributed by atoms with Crippen LogP contribution in [0, 0.1) is 29.1 Å². The van der Waals surface area contributed by atoms with Crippen LogP contribution in [0.15, 0.2) is 12.7 Å². The second-order valence-corrected chi connectivity index (χ2v) is 11.2. The fraction of sp³-hybridized carbons (Fsp3) is 0.720. The van der Waals surface area contributed by atoms with Crippen LogP contribution in [0.2, 0.25) is 0 Å². The lowest BCUT2D eigenvalue weighted by Gasteiger charge is -2.34. The molecule has 3 aliphatic rings.